The molecule has 7 nitrogen and oxygen atoms in total. The largest absolute Gasteiger partial charge is 0.497 e. The van der Waals surface area contributed by atoms with Gasteiger partial charge in [-0.15, -0.1) is 0 Å². The van der Waals surface area contributed by atoms with E-state index in [1.807, 2.05) is 24.3 Å². The van der Waals surface area contributed by atoms with Crippen LogP contribution in [0.3, 0.4) is 0 Å². The molecule has 1 saturated carbocycles. The Morgan fingerprint density at radius 1 is 1.32 bits per heavy atom. The minimum Gasteiger partial charge on any atom is -0.497 e. The van der Waals surface area contributed by atoms with Gasteiger partial charge in [-0.1, -0.05) is 12.1 Å². The van der Waals surface area contributed by atoms with Gasteiger partial charge in [0.2, 0.25) is 0 Å². The Morgan fingerprint density at radius 2 is 2.00 bits per heavy atom. The second kappa shape index (κ2) is 7.01. The van der Waals surface area contributed by atoms with Gasteiger partial charge in [0.05, 0.1) is 33.0 Å². The summed E-state index contributed by atoms with van der Waals surface area (Å²) in [6.07, 6.45) is 0.975. The van der Waals surface area contributed by atoms with Crippen LogP contribution in [-0.4, -0.2) is 53.8 Å². The Labute approximate surface area is 146 Å². The number of hydrogen-bond acceptors (Lipinski definition) is 5. The summed E-state index contributed by atoms with van der Waals surface area (Å²) in [5.74, 6) is 0.715. The van der Waals surface area contributed by atoms with E-state index in [0.717, 1.165) is 29.1 Å². The van der Waals surface area contributed by atoms with Crippen LogP contribution in [0.1, 0.15) is 25.3 Å². The van der Waals surface area contributed by atoms with Crippen LogP contribution >= 0.6 is 0 Å². The van der Waals surface area contributed by atoms with Crippen molar-refractivity contribution in [3.63, 3.8) is 0 Å². The third-order valence-corrected chi connectivity index (χ3v) is 4.83. The van der Waals surface area contributed by atoms with E-state index in [1.165, 1.54) is 0 Å². The van der Waals surface area contributed by atoms with Crippen molar-refractivity contribution in [1.82, 2.24) is 10.2 Å². The van der Waals surface area contributed by atoms with Gasteiger partial charge in [0.1, 0.15) is 11.3 Å². The maximum Gasteiger partial charge on any atom is 0.325 e. The molecular formula is C18H24N2O5. The van der Waals surface area contributed by atoms with Crippen LogP contribution in [0.15, 0.2) is 24.3 Å². The monoisotopic (exact) mass is 348 g/mol. The van der Waals surface area contributed by atoms with Crippen LogP contribution in [-0.2, 0) is 16.1 Å². The van der Waals surface area contributed by atoms with Crippen molar-refractivity contribution in [1.29, 1.82) is 0 Å². The molecule has 2 fully saturated rings. The van der Waals surface area contributed by atoms with Gasteiger partial charge in [-0.2, -0.15) is 0 Å². The highest BCUT2D eigenvalue weighted by molar-refractivity contribution is 6.07. The number of methoxy groups -OCH3 is 1. The first-order chi connectivity index (χ1) is 11.9. The Kier molecular flexibility index (Phi) is 4.96. The second-order valence-electron chi connectivity index (χ2n) is 6.84. The second-order valence-corrected chi connectivity index (χ2v) is 6.84. The van der Waals surface area contributed by atoms with Crippen LogP contribution in [0, 0.1) is 5.92 Å². The topological polar surface area (TPSA) is 88.1 Å². The van der Waals surface area contributed by atoms with Gasteiger partial charge in [-0.25, -0.2) is 4.79 Å². The lowest BCUT2D eigenvalue weighted by molar-refractivity contribution is -0.132. The molecule has 7 heteroatoms. The molecule has 0 spiro atoms. The standard InChI is InChI=1S/C18H24N2O5/c1-18(13-5-6-13)16(22)20(17(23)19-18)9-14(21)11-25-10-12-3-7-15(24-2)8-4-12/h3-4,7-8,13-14,21H,5-6,9-11H2,1-2H3,(H,19,23)/t14-,18+/m1/s1. The first-order valence-corrected chi connectivity index (χ1v) is 8.47. The molecule has 0 radical (unpaired) electrons. The molecule has 1 aliphatic heterocycles. The number of nitrogens with one attached hydrogen (secondary N) is 1. The average Bonchev–Trinajstić information content (AvgIpc) is 3.42. The molecule has 1 aliphatic carbocycles. The smallest absolute Gasteiger partial charge is 0.325 e. The van der Waals surface area contributed by atoms with Crippen LogP contribution in [0.2, 0.25) is 0 Å². The van der Waals surface area contributed by atoms with Crippen molar-refractivity contribution < 1.29 is 24.2 Å². The fraction of sp³-hybridized carbons (Fsp3) is 0.556. The van der Waals surface area contributed by atoms with Crippen molar-refractivity contribution in [2.24, 2.45) is 5.92 Å². The molecule has 1 heterocycles. The molecule has 1 saturated heterocycles. The van der Waals surface area contributed by atoms with Gasteiger partial charge in [0.25, 0.3) is 5.91 Å². The van der Waals surface area contributed by atoms with E-state index in [2.05, 4.69) is 5.32 Å². The van der Waals surface area contributed by atoms with Gasteiger partial charge < -0.3 is 19.9 Å². The summed E-state index contributed by atoms with van der Waals surface area (Å²) in [4.78, 5) is 25.6. The first kappa shape index (κ1) is 17.7. The number of imide groups is 1. The summed E-state index contributed by atoms with van der Waals surface area (Å²) in [6, 6.07) is 6.99. The molecule has 2 aliphatic rings. The Hall–Kier alpha value is -2.12. The number of carbonyl (C=O) groups is 2. The number of β-amino-alcohol motifs (C(OH)–C–C–N with tert-alkyl or cyclic N) is 1. The van der Waals surface area contributed by atoms with Crippen LogP contribution in [0.5, 0.6) is 5.75 Å². The molecule has 0 bridgehead atoms. The van der Waals surface area contributed by atoms with Crippen LogP contribution < -0.4 is 10.1 Å². The van der Waals surface area contributed by atoms with E-state index in [0.29, 0.717) is 6.61 Å². The number of ether oxygens (including phenoxy) is 2. The van der Waals surface area contributed by atoms with Gasteiger partial charge in [0, 0.05) is 0 Å². The summed E-state index contributed by atoms with van der Waals surface area (Å²) in [7, 11) is 1.60. The normalized spacial score (nSPS) is 24.4. The van der Waals surface area contributed by atoms with Crippen LogP contribution in [0.25, 0.3) is 0 Å². The average molecular weight is 348 g/mol. The highest BCUT2D eigenvalue weighted by Crippen LogP contribution is 2.42. The van der Waals surface area contributed by atoms with Gasteiger partial charge in [-0.3, -0.25) is 9.69 Å². The van der Waals surface area contributed by atoms with Gasteiger partial charge in [0.15, 0.2) is 0 Å². The number of benzene rings is 1. The van der Waals surface area contributed by atoms with E-state index in [4.69, 9.17) is 9.47 Å². The highest BCUT2D eigenvalue weighted by Gasteiger charge is 2.56. The summed E-state index contributed by atoms with van der Waals surface area (Å²) in [5.41, 5.74) is 0.130. The van der Waals surface area contributed by atoms with Gasteiger partial charge >= 0.3 is 6.03 Å². The quantitative estimate of drug-likeness (QED) is 0.691. The molecule has 136 valence electrons. The fourth-order valence-electron chi connectivity index (χ4n) is 3.12. The molecule has 2 atom stereocenters. The van der Waals surface area contributed by atoms with E-state index in [-0.39, 0.29) is 25.0 Å². The van der Waals surface area contributed by atoms with E-state index in [1.54, 1.807) is 14.0 Å². The molecule has 2 N–H and O–H groups in total. The number of urea groups is 1. The van der Waals surface area contributed by atoms with Crippen molar-refractivity contribution in [2.75, 3.05) is 20.3 Å². The fourth-order valence-corrected chi connectivity index (χ4v) is 3.12. The lowest BCUT2D eigenvalue weighted by atomic mass is 9.96. The Bertz CT molecular complexity index is 643. The predicted octanol–water partition coefficient (Wildman–Crippen LogP) is 1.29. The maximum atomic E-state index is 12.5. The maximum absolute atomic E-state index is 12.5. The number of carbonyl (C=O) groups excluding carboxylic acids is 2. The van der Waals surface area contributed by atoms with Gasteiger partial charge in [-0.05, 0) is 43.4 Å². The van der Waals surface area contributed by atoms with Crippen LogP contribution in [0.4, 0.5) is 4.79 Å². The lowest BCUT2D eigenvalue weighted by Crippen LogP contribution is -2.46. The molecule has 1 aromatic carbocycles. The molecule has 3 amide bonds. The SMILES string of the molecule is COc1ccc(COC[C@H](O)CN2C(=O)N[C@@](C)(C3CC3)C2=O)cc1. The van der Waals surface area contributed by atoms with Crippen molar-refractivity contribution >= 4 is 11.9 Å². The van der Waals surface area contributed by atoms with Crippen molar-refractivity contribution in [3.8, 4) is 5.75 Å². The molecular weight excluding hydrogens is 324 g/mol. The number of rotatable bonds is 8. The molecule has 0 aromatic heterocycles. The molecule has 0 unspecified atom stereocenters. The van der Waals surface area contributed by atoms with E-state index >= 15 is 0 Å². The Balaban J connectivity index is 1.46. The zero-order valence-corrected chi connectivity index (χ0v) is 14.5. The lowest BCUT2D eigenvalue weighted by Gasteiger charge is -2.22. The minimum absolute atomic E-state index is 0.0449. The predicted molar refractivity (Wildman–Crippen MR) is 90.0 cm³/mol. The number of amides is 3. The van der Waals surface area contributed by atoms with Crippen molar-refractivity contribution in [3.05, 3.63) is 29.8 Å². The molecule has 25 heavy (non-hydrogen) atoms. The molecule has 1 aromatic rings. The summed E-state index contributed by atoms with van der Waals surface area (Å²) < 4.78 is 10.6. The third-order valence-electron chi connectivity index (χ3n) is 4.83. The minimum atomic E-state index is -0.922. The zero-order chi connectivity index (χ0) is 18.0. The Morgan fingerprint density at radius 3 is 2.60 bits per heavy atom. The third kappa shape index (κ3) is 3.77. The number of nitrogens with zero attached hydrogens (tertiary/aromatic N) is 1. The summed E-state index contributed by atoms with van der Waals surface area (Å²) in [6.45, 7) is 2.08. The van der Waals surface area contributed by atoms with E-state index in [9.17, 15) is 14.7 Å². The summed E-state index contributed by atoms with van der Waals surface area (Å²) in [5, 5.41) is 12.9. The number of hydrogen-bond donors (Lipinski definition) is 2. The number of aliphatic hydroxyl groups is 1. The van der Waals surface area contributed by atoms with Crippen molar-refractivity contribution in [2.45, 2.75) is 38.0 Å². The summed E-state index contributed by atoms with van der Waals surface area (Å²) >= 11 is 0. The zero-order valence-electron chi connectivity index (χ0n) is 14.5. The first-order valence-electron chi connectivity index (χ1n) is 8.47. The highest BCUT2D eigenvalue weighted by atomic mass is 16.5. The number of aliphatic hydroxyl groups excluding tert-OH is 1. The molecule has 3 rings (SSSR count). The van der Waals surface area contributed by atoms with E-state index < -0.39 is 17.7 Å².